The van der Waals surface area contributed by atoms with Crippen LogP contribution in [0.25, 0.3) is 79.9 Å². The fourth-order valence-electron chi connectivity index (χ4n) is 14.5. The predicted octanol–water partition coefficient (Wildman–Crippen LogP) is 23.8. The van der Waals surface area contributed by atoms with E-state index in [1.807, 2.05) is 0 Å². The SMILES string of the molecule is Cc1ccc(N(c2cccc(-c3ccccc3)c2)c2ccc3c(c2)C(C)(C)c2cc(C=Cc4ccc5c(c4)C(C)(C)c4cc(C=Cc6ccc7c(c6)C(C)(C)c6cc(N(c8ccc(C)cc8)c8cccc(-c9ccccc9)c8)ccc6-7)ccc4-5)ccc2-3)cc1. The molecule has 0 spiro atoms. The summed E-state index contributed by atoms with van der Waals surface area (Å²) in [4.78, 5) is 4.81. The molecule has 0 saturated heterocycles. The second kappa shape index (κ2) is 21.5. The molecule has 2 heteroatoms. The molecular weight excluding hydrogens is 1070 g/mol. The normalized spacial score (nSPS) is 14.2. The molecule has 0 aromatic heterocycles. The van der Waals surface area contributed by atoms with Gasteiger partial charge >= 0.3 is 0 Å². The van der Waals surface area contributed by atoms with E-state index in [0.717, 1.165) is 34.1 Å². The van der Waals surface area contributed by atoms with E-state index in [1.54, 1.807) is 0 Å². The van der Waals surface area contributed by atoms with E-state index in [2.05, 4.69) is 356 Å². The van der Waals surface area contributed by atoms with Crippen molar-refractivity contribution >= 4 is 58.4 Å². The fraction of sp³-hybridized carbons (Fsp3) is 0.126. The number of hydrogen-bond acceptors (Lipinski definition) is 2. The Labute approximate surface area is 526 Å². The summed E-state index contributed by atoms with van der Waals surface area (Å²) in [5.41, 5.74) is 34.5. The summed E-state index contributed by atoms with van der Waals surface area (Å²) in [6, 6.07) is 99.3. The van der Waals surface area contributed by atoms with E-state index in [4.69, 9.17) is 0 Å². The number of nitrogens with zero attached hydrogens (tertiary/aromatic N) is 2. The van der Waals surface area contributed by atoms with Crippen molar-refractivity contribution in [2.75, 3.05) is 9.80 Å². The monoisotopic (exact) mass is 1140 g/mol. The Morgan fingerprint density at radius 3 is 0.798 bits per heavy atom. The third-order valence-electron chi connectivity index (χ3n) is 19.6. The van der Waals surface area contributed by atoms with Crippen molar-refractivity contribution in [2.24, 2.45) is 0 Å². The van der Waals surface area contributed by atoms with Gasteiger partial charge in [-0.15, -0.1) is 0 Å². The zero-order valence-corrected chi connectivity index (χ0v) is 52.1. The lowest BCUT2D eigenvalue weighted by atomic mass is 9.81. The van der Waals surface area contributed by atoms with Gasteiger partial charge in [-0.3, -0.25) is 0 Å². The summed E-state index contributed by atoms with van der Waals surface area (Å²) in [7, 11) is 0. The molecule has 0 unspecified atom stereocenters. The number of aryl methyl sites for hydroxylation is 2. The third kappa shape index (κ3) is 9.76. The molecule has 0 fully saturated rings. The molecule has 0 N–H and O–H groups in total. The Morgan fingerprint density at radius 2 is 0.483 bits per heavy atom. The first-order valence-corrected chi connectivity index (χ1v) is 31.4. The van der Waals surface area contributed by atoms with Gasteiger partial charge in [0.15, 0.2) is 0 Å². The quantitative estimate of drug-likeness (QED) is 0.113. The number of fused-ring (bicyclic) bond motifs is 9. The molecule has 15 rings (SSSR count). The first kappa shape index (κ1) is 55.3. The number of anilines is 6. The molecule has 89 heavy (non-hydrogen) atoms. The maximum atomic E-state index is 2.43. The summed E-state index contributed by atoms with van der Waals surface area (Å²) < 4.78 is 0. The smallest absolute Gasteiger partial charge is 0.0467 e. The van der Waals surface area contributed by atoms with Crippen molar-refractivity contribution in [1.29, 1.82) is 0 Å². The van der Waals surface area contributed by atoms with Crippen LogP contribution < -0.4 is 9.80 Å². The Bertz CT molecular complexity index is 4500. The van der Waals surface area contributed by atoms with Gasteiger partial charge in [-0.1, -0.05) is 271 Å². The van der Waals surface area contributed by atoms with Crippen molar-refractivity contribution in [1.82, 2.24) is 0 Å². The summed E-state index contributed by atoms with van der Waals surface area (Å²) in [5.74, 6) is 0. The van der Waals surface area contributed by atoms with Crippen molar-refractivity contribution in [3.05, 3.63) is 334 Å². The average Bonchev–Trinajstić information content (AvgIpc) is 1.77. The van der Waals surface area contributed by atoms with Crippen molar-refractivity contribution in [2.45, 2.75) is 71.6 Å². The molecule has 2 nitrogen and oxygen atoms in total. The van der Waals surface area contributed by atoms with Crippen LogP contribution >= 0.6 is 0 Å². The summed E-state index contributed by atoms with van der Waals surface area (Å²) in [6.45, 7) is 18.6. The molecule has 12 aromatic rings. The predicted molar refractivity (Wildman–Crippen MR) is 380 cm³/mol. The van der Waals surface area contributed by atoms with Gasteiger partial charge in [0.05, 0.1) is 0 Å². The molecule has 12 aromatic carbocycles. The minimum absolute atomic E-state index is 0.164. The standard InChI is InChI=1S/C87H72N2/c1-57-25-37-67(38-26-57)88(69-23-15-21-65(53-69)63-17-11-9-12-18-63)71-41-47-77-75-45-35-61(51-81(75)86(5,6)83(77)55-71)31-29-59-33-43-73-74-44-34-60(50-80(74)85(3,4)79(73)49-59)30-32-62-36-46-76-78-48-42-72(56-84(78)87(7,8)82(76)52-62)89(68-39-27-58(2)28-40-68)70-24-16-22-66(54-70)64-19-13-10-14-20-64/h9-56H,1-8H3. The van der Waals surface area contributed by atoms with Crippen LogP contribution in [0.2, 0.25) is 0 Å². The van der Waals surface area contributed by atoms with E-state index in [-0.39, 0.29) is 16.2 Å². The molecule has 0 atom stereocenters. The van der Waals surface area contributed by atoms with Crippen LogP contribution in [0.15, 0.2) is 267 Å². The van der Waals surface area contributed by atoms with Crippen LogP contribution in [-0.4, -0.2) is 0 Å². The van der Waals surface area contributed by atoms with E-state index in [0.29, 0.717) is 0 Å². The molecule has 0 amide bonds. The number of hydrogen-bond donors (Lipinski definition) is 0. The summed E-state index contributed by atoms with van der Waals surface area (Å²) in [5, 5.41) is 0. The zero-order valence-electron chi connectivity index (χ0n) is 52.1. The highest BCUT2D eigenvalue weighted by Gasteiger charge is 2.39. The minimum Gasteiger partial charge on any atom is -0.310 e. The van der Waals surface area contributed by atoms with Gasteiger partial charge in [-0.2, -0.15) is 0 Å². The van der Waals surface area contributed by atoms with Gasteiger partial charge in [0, 0.05) is 50.4 Å². The van der Waals surface area contributed by atoms with Crippen LogP contribution in [0.1, 0.15) is 108 Å². The van der Waals surface area contributed by atoms with E-state index in [1.165, 1.54) is 122 Å². The van der Waals surface area contributed by atoms with Gasteiger partial charge in [0.1, 0.15) is 0 Å². The minimum atomic E-state index is -0.202. The van der Waals surface area contributed by atoms with Gasteiger partial charge in [-0.25, -0.2) is 0 Å². The largest absolute Gasteiger partial charge is 0.310 e. The van der Waals surface area contributed by atoms with E-state index in [9.17, 15) is 0 Å². The fourth-order valence-corrected chi connectivity index (χ4v) is 14.5. The lowest BCUT2D eigenvalue weighted by molar-refractivity contribution is 0.660. The highest BCUT2D eigenvalue weighted by atomic mass is 15.1. The maximum absolute atomic E-state index is 2.43. The van der Waals surface area contributed by atoms with Crippen LogP contribution in [0.3, 0.4) is 0 Å². The highest BCUT2D eigenvalue weighted by Crippen LogP contribution is 2.54. The zero-order chi connectivity index (χ0) is 60.8. The van der Waals surface area contributed by atoms with E-state index >= 15 is 0 Å². The Morgan fingerprint density at radius 1 is 0.225 bits per heavy atom. The number of rotatable bonds is 12. The topological polar surface area (TPSA) is 6.48 Å². The van der Waals surface area contributed by atoms with Gasteiger partial charge < -0.3 is 9.80 Å². The number of benzene rings is 12. The molecular formula is C87H72N2. The molecule has 0 aliphatic heterocycles. The van der Waals surface area contributed by atoms with Crippen molar-refractivity contribution < 1.29 is 0 Å². The van der Waals surface area contributed by atoms with Gasteiger partial charge in [0.2, 0.25) is 0 Å². The van der Waals surface area contributed by atoms with Crippen LogP contribution in [0.4, 0.5) is 34.1 Å². The van der Waals surface area contributed by atoms with Crippen molar-refractivity contribution in [3.63, 3.8) is 0 Å². The molecule has 3 aliphatic carbocycles. The van der Waals surface area contributed by atoms with E-state index < -0.39 is 0 Å². The molecule has 430 valence electrons. The average molecular weight is 1150 g/mol. The van der Waals surface area contributed by atoms with Crippen LogP contribution in [-0.2, 0) is 16.2 Å². The summed E-state index contributed by atoms with van der Waals surface area (Å²) >= 11 is 0. The lowest BCUT2D eigenvalue weighted by Gasteiger charge is -2.28. The third-order valence-corrected chi connectivity index (χ3v) is 19.6. The molecule has 0 bridgehead atoms. The Kier molecular flexibility index (Phi) is 13.4. The molecule has 0 heterocycles. The van der Waals surface area contributed by atoms with Gasteiger partial charge in [0.25, 0.3) is 0 Å². The molecule has 0 saturated carbocycles. The highest BCUT2D eigenvalue weighted by molar-refractivity contribution is 5.91. The first-order chi connectivity index (χ1) is 43.1. The second-order valence-corrected chi connectivity index (χ2v) is 26.4. The first-order valence-electron chi connectivity index (χ1n) is 31.4. The van der Waals surface area contributed by atoms with Gasteiger partial charge in [-0.05, 0) is 198 Å². The lowest BCUT2D eigenvalue weighted by Crippen LogP contribution is -2.16. The molecule has 3 aliphatic rings. The van der Waals surface area contributed by atoms with Crippen molar-refractivity contribution in [3.8, 4) is 55.6 Å². The summed E-state index contributed by atoms with van der Waals surface area (Å²) in [6.07, 6.45) is 9.19. The van der Waals surface area contributed by atoms with Crippen LogP contribution in [0.5, 0.6) is 0 Å². The van der Waals surface area contributed by atoms with Crippen LogP contribution in [0, 0.1) is 13.8 Å². The maximum Gasteiger partial charge on any atom is 0.0467 e. The second-order valence-electron chi connectivity index (χ2n) is 26.4. The Balaban J connectivity index is 0.662. The Hall–Kier alpha value is -10.3. The molecule has 0 radical (unpaired) electrons.